The van der Waals surface area contributed by atoms with Gasteiger partial charge < -0.3 is 38.2 Å². The quantitative estimate of drug-likeness (QED) is 0.410. The van der Waals surface area contributed by atoms with Gasteiger partial charge >= 0.3 is 12.2 Å². The fourth-order valence-electron chi connectivity index (χ4n) is 5.90. The molecular formula is C25H38N2O8. The maximum Gasteiger partial charge on any atom is 0.410 e. The number of carbonyl (C=O) groups is 2. The van der Waals surface area contributed by atoms with Crippen LogP contribution in [0, 0.1) is 5.92 Å². The fourth-order valence-corrected chi connectivity index (χ4v) is 5.90. The zero-order valence-electron chi connectivity index (χ0n) is 21.2. The molecule has 4 saturated heterocycles. The van der Waals surface area contributed by atoms with Crippen molar-refractivity contribution in [3.05, 3.63) is 11.6 Å². The third-order valence-electron chi connectivity index (χ3n) is 8.13. The van der Waals surface area contributed by atoms with Gasteiger partial charge in [-0.3, -0.25) is 0 Å². The van der Waals surface area contributed by atoms with Crippen LogP contribution >= 0.6 is 0 Å². The van der Waals surface area contributed by atoms with E-state index in [0.29, 0.717) is 52.4 Å². The van der Waals surface area contributed by atoms with Crippen molar-refractivity contribution in [2.45, 2.75) is 75.7 Å². The van der Waals surface area contributed by atoms with Gasteiger partial charge in [0, 0.05) is 20.2 Å². The Kier molecular flexibility index (Phi) is 6.76. The molecule has 1 saturated carbocycles. The first kappa shape index (κ1) is 24.8. The number of ether oxygens (including phenoxy) is 6. The van der Waals surface area contributed by atoms with E-state index in [0.717, 1.165) is 12.8 Å². The Morgan fingerprint density at radius 1 is 1.09 bits per heavy atom. The number of nitrogens with zero attached hydrogens (tertiary/aromatic N) is 2. The summed E-state index contributed by atoms with van der Waals surface area (Å²) in [7, 11) is 1.67. The molecule has 6 atom stereocenters. The number of carbonyl (C=O) groups excluding carboxylic acids is 2. The van der Waals surface area contributed by atoms with E-state index in [-0.39, 0.29) is 47.6 Å². The molecule has 1 aliphatic carbocycles. The van der Waals surface area contributed by atoms with E-state index >= 15 is 0 Å². The number of methoxy groups -OCH3 is 1. The maximum absolute atomic E-state index is 12.9. The summed E-state index contributed by atoms with van der Waals surface area (Å²) in [5, 5.41) is 0. The highest BCUT2D eigenvalue weighted by atomic mass is 16.6. The molecule has 0 aromatic carbocycles. The van der Waals surface area contributed by atoms with Gasteiger partial charge in [0.1, 0.15) is 29.5 Å². The van der Waals surface area contributed by atoms with Crippen molar-refractivity contribution in [1.82, 2.24) is 9.80 Å². The van der Waals surface area contributed by atoms with Gasteiger partial charge in [0.25, 0.3) is 0 Å². The molecule has 5 rings (SSSR count). The van der Waals surface area contributed by atoms with Gasteiger partial charge in [-0.05, 0) is 40.0 Å². The number of likely N-dealkylation sites (tertiary alicyclic amines) is 1. The first-order valence-corrected chi connectivity index (χ1v) is 12.7. The van der Waals surface area contributed by atoms with Crippen LogP contribution < -0.4 is 0 Å². The van der Waals surface area contributed by atoms with E-state index < -0.39 is 6.09 Å². The standard InChI is InChI=1S/C25H38N2O8/c1-16(2)5-6-19-24(3,35-19)21-20(30-4)18(7-8-25(21)15-32-25)34-23(29)27-13-17(14-27)33-22(28)26-9-11-31-12-10-26/h5,17-21H,6-15H2,1-4H3/t18-,19-,20-,21?,24+,25+/m1/s1. The fraction of sp³-hybridized carbons (Fsp3) is 0.840. The third kappa shape index (κ3) is 4.90. The Bertz CT molecular complexity index is 844. The first-order valence-electron chi connectivity index (χ1n) is 12.7. The van der Waals surface area contributed by atoms with Gasteiger partial charge in [0.05, 0.1) is 44.9 Å². The number of epoxide rings is 2. The van der Waals surface area contributed by atoms with Crippen LogP contribution in [0.1, 0.15) is 40.0 Å². The molecule has 5 fully saturated rings. The minimum atomic E-state index is -0.398. The van der Waals surface area contributed by atoms with E-state index in [1.54, 1.807) is 16.9 Å². The number of amides is 2. The monoisotopic (exact) mass is 494 g/mol. The van der Waals surface area contributed by atoms with Crippen molar-refractivity contribution in [1.29, 1.82) is 0 Å². The Morgan fingerprint density at radius 3 is 2.40 bits per heavy atom. The minimum Gasteiger partial charge on any atom is -0.443 e. The van der Waals surface area contributed by atoms with Crippen LogP contribution in [0.5, 0.6) is 0 Å². The minimum absolute atomic E-state index is 0.0132. The van der Waals surface area contributed by atoms with Gasteiger partial charge in [-0.1, -0.05) is 11.6 Å². The molecule has 4 aliphatic heterocycles. The van der Waals surface area contributed by atoms with Gasteiger partial charge in [-0.15, -0.1) is 0 Å². The molecule has 196 valence electrons. The molecule has 1 unspecified atom stereocenters. The van der Waals surface area contributed by atoms with Crippen LogP contribution in [0.4, 0.5) is 9.59 Å². The zero-order chi connectivity index (χ0) is 24.8. The van der Waals surface area contributed by atoms with Crippen LogP contribution in [0.25, 0.3) is 0 Å². The second-order valence-corrected chi connectivity index (χ2v) is 10.8. The van der Waals surface area contributed by atoms with Crippen molar-refractivity contribution in [2.75, 3.05) is 53.1 Å². The van der Waals surface area contributed by atoms with Crippen molar-refractivity contribution in [3.63, 3.8) is 0 Å². The van der Waals surface area contributed by atoms with Crippen LogP contribution in [0.15, 0.2) is 11.6 Å². The van der Waals surface area contributed by atoms with E-state index in [9.17, 15) is 9.59 Å². The number of hydrogen-bond acceptors (Lipinski definition) is 8. The number of morpholine rings is 1. The van der Waals surface area contributed by atoms with Gasteiger partial charge in [-0.25, -0.2) is 9.59 Å². The second-order valence-electron chi connectivity index (χ2n) is 10.8. The molecule has 10 heteroatoms. The number of hydrogen-bond donors (Lipinski definition) is 0. The summed E-state index contributed by atoms with van der Waals surface area (Å²) in [5.74, 6) is -0.0132. The van der Waals surface area contributed by atoms with E-state index in [1.807, 2.05) is 0 Å². The average molecular weight is 495 g/mol. The van der Waals surface area contributed by atoms with E-state index in [1.165, 1.54) is 5.57 Å². The van der Waals surface area contributed by atoms with Crippen molar-refractivity contribution in [2.24, 2.45) is 5.92 Å². The summed E-state index contributed by atoms with van der Waals surface area (Å²) >= 11 is 0. The number of allylic oxidation sites excluding steroid dienone is 1. The largest absolute Gasteiger partial charge is 0.443 e. The molecule has 0 radical (unpaired) electrons. The topological polar surface area (TPSA) is 103 Å². The van der Waals surface area contributed by atoms with Crippen molar-refractivity contribution >= 4 is 12.2 Å². The molecule has 0 bridgehead atoms. The number of rotatable bonds is 6. The molecule has 2 amide bonds. The average Bonchev–Trinajstić information content (AvgIpc) is 3.73. The maximum atomic E-state index is 12.9. The molecule has 35 heavy (non-hydrogen) atoms. The second kappa shape index (κ2) is 9.53. The molecule has 10 nitrogen and oxygen atoms in total. The van der Waals surface area contributed by atoms with E-state index in [2.05, 4.69) is 26.8 Å². The lowest BCUT2D eigenvalue weighted by Crippen LogP contribution is -2.59. The van der Waals surface area contributed by atoms with Crippen molar-refractivity contribution in [3.8, 4) is 0 Å². The molecule has 1 spiro atoms. The van der Waals surface area contributed by atoms with Gasteiger partial charge in [0.15, 0.2) is 0 Å². The normalized spacial score (nSPS) is 38.5. The molecule has 0 aromatic rings. The molecule has 0 N–H and O–H groups in total. The summed E-state index contributed by atoms with van der Waals surface area (Å²) in [4.78, 5) is 28.4. The lowest BCUT2D eigenvalue weighted by Gasteiger charge is -2.44. The third-order valence-corrected chi connectivity index (χ3v) is 8.13. The molecule has 0 aromatic heterocycles. The first-order chi connectivity index (χ1) is 16.8. The summed E-state index contributed by atoms with van der Waals surface area (Å²) in [6.07, 6.45) is 2.89. The van der Waals surface area contributed by atoms with Crippen LogP contribution in [0.3, 0.4) is 0 Å². The summed E-state index contributed by atoms with van der Waals surface area (Å²) in [6, 6.07) is 0. The Balaban J connectivity index is 1.15. The van der Waals surface area contributed by atoms with Crippen LogP contribution in [-0.2, 0) is 28.4 Å². The highest BCUT2D eigenvalue weighted by molar-refractivity contribution is 5.71. The highest BCUT2D eigenvalue weighted by Gasteiger charge is 2.72. The zero-order valence-corrected chi connectivity index (χ0v) is 21.2. The molecular weight excluding hydrogens is 456 g/mol. The predicted molar refractivity (Wildman–Crippen MR) is 124 cm³/mol. The Labute approximate surface area is 206 Å². The molecule has 5 aliphatic rings. The lowest BCUT2D eigenvalue weighted by atomic mass is 9.68. The van der Waals surface area contributed by atoms with Crippen molar-refractivity contribution < 1.29 is 38.0 Å². The van der Waals surface area contributed by atoms with Crippen LogP contribution in [-0.4, -0.2) is 111 Å². The van der Waals surface area contributed by atoms with E-state index in [4.69, 9.17) is 28.4 Å². The summed E-state index contributed by atoms with van der Waals surface area (Å²) < 4.78 is 34.9. The van der Waals surface area contributed by atoms with Gasteiger partial charge in [-0.2, -0.15) is 0 Å². The summed E-state index contributed by atoms with van der Waals surface area (Å²) in [5.41, 5.74) is 0.639. The smallest absolute Gasteiger partial charge is 0.410 e. The molecule has 4 heterocycles. The SMILES string of the molecule is CO[C@H]1C([C@@]2(C)O[C@@H]2CC=C(C)C)[C@]2(CC[C@H]1OC(=O)N1CC(OC(=O)N3CCOCC3)C1)CO2. The highest BCUT2D eigenvalue weighted by Crippen LogP contribution is 2.59. The van der Waals surface area contributed by atoms with Crippen LogP contribution in [0.2, 0.25) is 0 Å². The lowest BCUT2D eigenvalue weighted by molar-refractivity contribution is -0.127. The van der Waals surface area contributed by atoms with Gasteiger partial charge in [0.2, 0.25) is 0 Å². The summed E-state index contributed by atoms with van der Waals surface area (Å²) in [6.45, 7) is 9.76. The Morgan fingerprint density at radius 2 is 1.77 bits per heavy atom. The predicted octanol–water partition coefficient (Wildman–Crippen LogP) is 2.35. The Hall–Kier alpha value is -1.88.